The molecule has 3 nitrogen and oxygen atoms in total. The maximum atomic E-state index is 13.5. The monoisotopic (exact) mass is 251 g/mol. The highest BCUT2D eigenvalue weighted by molar-refractivity contribution is 7.22. The number of rotatable bonds is 2. The van der Waals surface area contributed by atoms with Crippen LogP contribution in [0.15, 0.2) is 18.2 Å². The Hall–Kier alpha value is -1.20. The molecule has 5 heteroatoms. The maximum Gasteiger partial charge on any atom is 0.184 e. The Morgan fingerprint density at radius 3 is 2.94 bits per heavy atom. The smallest absolute Gasteiger partial charge is 0.184 e. The number of nitrogens with one attached hydrogen (secondary N) is 2. The van der Waals surface area contributed by atoms with Crippen molar-refractivity contribution in [2.75, 3.05) is 18.4 Å². The first kappa shape index (κ1) is 10.9. The van der Waals surface area contributed by atoms with Crippen molar-refractivity contribution in [1.82, 2.24) is 10.3 Å². The van der Waals surface area contributed by atoms with Crippen molar-refractivity contribution < 1.29 is 4.39 Å². The van der Waals surface area contributed by atoms with Gasteiger partial charge in [0.1, 0.15) is 11.3 Å². The highest BCUT2D eigenvalue weighted by atomic mass is 32.1. The molecule has 1 fully saturated rings. The molecule has 0 unspecified atom stereocenters. The molecule has 0 aliphatic carbocycles. The zero-order chi connectivity index (χ0) is 11.7. The average molecular weight is 251 g/mol. The predicted octanol–water partition coefficient (Wildman–Crippen LogP) is 2.60. The van der Waals surface area contributed by atoms with E-state index in [0.29, 0.717) is 11.6 Å². The number of para-hydroxylation sites is 1. The van der Waals surface area contributed by atoms with Crippen LogP contribution >= 0.6 is 11.3 Å². The molecule has 1 aromatic heterocycles. The molecule has 0 saturated carbocycles. The summed E-state index contributed by atoms with van der Waals surface area (Å²) < 4.78 is 14.4. The van der Waals surface area contributed by atoms with E-state index in [9.17, 15) is 4.39 Å². The summed E-state index contributed by atoms with van der Waals surface area (Å²) in [6.07, 6.45) is 2.19. The van der Waals surface area contributed by atoms with Crippen LogP contribution in [0.3, 0.4) is 0 Å². The van der Waals surface area contributed by atoms with Gasteiger partial charge in [-0.05, 0) is 38.1 Å². The van der Waals surface area contributed by atoms with Crippen LogP contribution in [0.25, 0.3) is 10.2 Å². The lowest BCUT2D eigenvalue weighted by atomic mass is 10.1. The lowest BCUT2D eigenvalue weighted by Crippen LogP contribution is -2.35. The number of nitrogens with zero attached hydrogens (tertiary/aromatic N) is 1. The van der Waals surface area contributed by atoms with Gasteiger partial charge in [0.2, 0.25) is 0 Å². The van der Waals surface area contributed by atoms with Gasteiger partial charge in [-0.3, -0.25) is 0 Å². The minimum absolute atomic E-state index is 0.239. The van der Waals surface area contributed by atoms with E-state index in [2.05, 4.69) is 15.6 Å². The number of anilines is 1. The summed E-state index contributed by atoms with van der Waals surface area (Å²) in [5, 5.41) is 7.55. The van der Waals surface area contributed by atoms with Crippen LogP contribution in [-0.2, 0) is 0 Å². The fourth-order valence-electron chi connectivity index (χ4n) is 2.12. The summed E-state index contributed by atoms with van der Waals surface area (Å²) in [4.78, 5) is 4.32. The first-order valence-corrected chi connectivity index (χ1v) is 6.67. The van der Waals surface area contributed by atoms with Crippen molar-refractivity contribution in [3.63, 3.8) is 0 Å². The number of benzene rings is 1. The maximum absolute atomic E-state index is 13.5. The summed E-state index contributed by atoms with van der Waals surface area (Å²) in [6, 6.07) is 5.55. The second-order valence-electron chi connectivity index (χ2n) is 4.27. The molecule has 0 amide bonds. The topological polar surface area (TPSA) is 37.0 Å². The number of aromatic nitrogens is 1. The van der Waals surface area contributed by atoms with E-state index < -0.39 is 0 Å². The van der Waals surface area contributed by atoms with E-state index in [-0.39, 0.29) is 5.82 Å². The third kappa shape index (κ3) is 2.25. The van der Waals surface area contributed by atoms with Gasteiger partial charge in [-0.15, -0.1) is 0 Å². The molecule has 1 aliphatic rings. The van der Waals surface area contributed by atoms with Crippen molar-refractivity contribution in [2.45, 2.75) is 18.9 Å². The molecule has 2 aromatic rings. The number of piperidine rings is 1. The Morgan fingerprint density at radius 2 is 2.18 bits per heavy atom. The van der Waals surface area contributed by atoms with Gasteiger partial charge >= 0.3 is 0 Å². The lowest BCUT2D eigenvalue weighted by molar-refractivity contribution is 0.479. The zero-order valence-electron chi connectivity index (χ0n) is 9.37. The molecule has 1 aromatic carbocycles. The fourth-order valence-corrected chi connectivity index (χ4v) is 3.07. The largest absolute Gasteiger partial charge is 0.359 e. The molecule has 1 aliphatic heterocycles. The van der Waals surface area contributed by atoms with Crippen LogP contribution in [0.4, 0.5) is 9.52 Å². The summed E-state index contributed by atoms with van der Waals surface area (Å²) in [5.74, 6) is -0.239. The number of halogens is 1. The number of hydrogen-bond acceptors (Lipinski definition) is 4. The highest BCUT2D eigenvalue weighted by Crippen LogP contribution is 2.28. The van der Waals surface area contributed by atoms with Gasteiger partial charge in [-0.25, -0.2) is 9.37 Å². The van der Waals surface area contributed by atoms with Gasteiger partial charge in [0.15, 0.2) is 5.13 Å². The van der Waals surface area contributed by atoms with Crippen LogP contribution in [0.1, 0.15) is 12.8 Å². The van der Waals surface area contributed by atoms with Crippen LogP contribution in [0.5, 0.6) is 0 Å². The van der Waals surface area contributed by atoms with E-state index in [0.717, 1.165) is 35.8 Å². The molecule has 2 heterocycles. The first-order valence-electron chi connectivity index (χ1n) is 5.85. The highest BCUT2D eigenvalue weighted by Gasteiger charge is 2.15. The van der Waals surface area contributed by atoms with Gasteiger partial charge in [0.25, 0.3) is 0 Å². The molecule has 2 N–H and O–H groups in total. The summed E-state index contributed by atoms with van der Waals surface area (Å²) in [5.41, 5.74) is 0.480. The molecular formula is C12H14FN3S. The fraction of sp³-hybridized carbons (Fsp3) is 0.417. The number of thiazole rings is 1. The van der Waals surface area contributed by atoms with Gasteiger partial charge in [0.05, 0.1) is 4.70 Å². The summed E-state index contributed by atoms with van der Waals surface area (Å²) in [7, 11) is 0. The van der Waals surface area contributed by atoms with Crippen LogP contribution in [0.2, 0.25) is 0 Å². The van der Waals surface area contributed by atoms with Gasteiger partial charge in [0, 0.05) is 6.04 Å². The van der Waals surface area contributed by atoms with Gasteiger partial charge in [-0.2, -0.15) is 0 Å². The minimum Gasteiger partial charge on any atom is -0.359 e. The van der Waals surface area contributed by atoms with Crippen LogP contribution in [-0.4, -0.2) is 24.1 Å². The Morgan fingerprint density at radius 1 is 1.35 bits per heavy atom. The molecule has 0 bridgehead atoms. The Bertz CT molecular complexity index is 519. The predicted molar refractivity (Wildman–Crippen MR) is 69.1 cm³/mol. The van der Waals surface area contributed by atoms with Crippen molar-refractivity contribution >= 4 is 26.7 Å². The van der Waals surface area contributed by atoms with Gasteiger partial charge < -0.3 is 10.6 Å². The van der Waals surface area contributed by atoms with Crippen molar-refractivity contribution in [3.8, 4) is 0 Å². The van der Waals surface area contributed by atoms with Crippen molar-refractivity contribution in [1.29, 1.82) is 0 Å². The van der Waals surface area contributed by atoms with E-state index in [1.54, 1.807) is 6.07 Å². The molecule has 0 spiro atoms. The van der Waals surface area contributed by atoms with Gasteiger partial charge in [-0.1, -0.05) is 17.4 Å². The molecule has 0 atom stereocenters. The molecule has 90 valence electrons. The average Bonchev–Trinajstić information content (AvgIpc) is 2.74. The number of hydrogen-bond donors (Lipinski definition) is 2. The molecule has 17 heavy (non-hydrogen) atoms. The summed E-state index contributed by atoms with van der Waals surface area (Å²) in [6.45, 7) is 2.08. The SMILES string of the molecule is Fc1cccc2sc(NC3CCNCC3)nc12. The van der Waals surface area contributed by atoms with Crippen molar-refractivity contribution in [3.05, 3.63) is 24.0 Å². The zero-order valence-corrected chi connectivity index (χ0v) is 10.2. The van der Waals surface area contributed by atoms with Crippen LogP contribution < -0.4 is 10.6 Å². The quantitative estimate of drug-likeness (QED) is 0.861. The van der Waals surface area contributed by atoms with Crippen LogP contribution in [0, 0.1) is 5.82 Å². The summed E-state index contributed by atoms with van der Waals surface area (Å²) >= 11 is 1.52. The van der Waals surface area contributed by atoms with E-state index in [1.165, 1.54) is 17.4 Å². The standard InChI is InChI=1S/C12H14FN3S/c13-9-2-1-3-10-11(9)16-12(17-10)15-8-4-6-14-7-5-8/h1-3,8,14H,4-7H2,(H,15,16). The minimum atomic E-state index is -0.239. The number of fused-ring (bicyclic) bond motifs is 1. The van der Waals surface area contributed by atoms with E-state index in [1.807, 2.05) is 6.07 Å². The second-order valence-corrected chi connectivity index (χ2v) is 5.30. The first-order chi connectivity index (χ1) is 8.33. The van der Waals surface area contributed by atoms with Crippen molar-refractivity contribution in [2.24, 2.45) is 0 Å². The Labute approximate surface area is 103 Å². The molecule has 1 saturated heterocycles. The lowest BCUT2D eigenvalue weighted by Gasteiger charge is -2.23. The second kappa shape index (κ2) is 4.58. The Balaban J connectivity index is 1.83. The van der Waals surface area contributed by atoms with E-state index >= 15 is 0 Å². The third-order valence-electron chi connectivity index (χ3n) is 3.04. The molecule has 3 rings (SSSR count). The van der Waals surface area contributed by atoms with E-state index in [4.69, 9.17) is 0 Å². The molecule has 0 radical (unpaired) electrons. The molecular weight excluding hydrogens is 237 g/mol. The normalized spacial score (nSPS) is 17.5. The third-order valence-corrected chi connectivity index (χ3v) is 3.99. The Kier molecular flexibility index (Phi) is 2.94.